The summed E-state index contributed by atoms with van der Waals surface area (Å²) in [5, 5.41) is 13.6. The number of amides is 1. The van der Waals surface area contributed by atoms with Gasteiger partial charge in [0.2, 0.25) is 5.91 Å². The Labute approximate surface area is 148 Å². The van der Waals surface area contributed by atoms with E-state index in [1.54, 1.807) is 12.1 Å². The molecule has 3 aromatic rings. The first kappa shape index (κ1) is 16.3. The SMILES string of the molecule is O=C(Cn1cnc2cccc([N+](=O)[O-])c21)Nc1ccc(I)cc1F. The van der Waals surface area contributed by atoms with Crippen LogP contribution in [-0.2, 0) is 11.3 Å². The van der Waals surface area contributed by atoms with Crippen molar-refractivity contribution in [3.05, 3.63) is 62.2 Å². The van der Waals surface area contributed by atoms with Crippen molar-refractivity contribution >= 4 is 50.9 Å². The molecule has 0 spiro atoms. The number of hydrogen-bond donors (Lipinski definition) is 1. The number of anilines is 1. The van der Waals surface area contributed by atoms with Crippen molar-refractivity contribution in [3.63, 3.8) is 0 Å². The summed E-state index contributed by atoms with van der Waals surface area (Å²) in [5.41, 5.74) is 0.579. The van der Waals surface area contributed by atoms with Crippen LogP contribution in [-0.4, -0.2) is 20.4 Å². The number of non-ortho nitro benzene ring substituents is 1. The highest BCUT2D eigenvalue weighted by Crippen LogP contribution is 2.24. The van der Waals surface area contributed by atoms with Crippen molar-refractivity contribution in [2.45, 2.75) is 6.54 Å². The molecule has 0 aliphatic rings. The fourth-order valence-corrected chi connectivity index (χ4v) is 2.76. The van der Waals surface area contributed by atoms with E-state index in [4.69, 9.17) is 0 Å². The molecule has 0 radical (unpaired) electrons. The number of imidazole rings is 1. The number of benzene rings is 2. The van der Waals surface area contributed by atoms with Crippen LogP contribution in [0.1, 0.15) is 0 Å². The van der Waals surface area contributed by atoms with Gasteiger partial charge in [0, 0.05) is 9.64 Å². The molecule has 0 unspecified atom stereocenters. The van der Waals surface area contributed by atoms with E-state index in [0.717, 1.165) is 0 Å². The van der Waals surface area contributed by atoms with Gasteiger partial charge in [-0.1, -0.05) is 6.07 Å². The van der Waals surface area contributed by atoms with Crippen LogP contribution in [0.25, 0.3) is 11.0 Å². The summed E-state index contributed by atoms with van der Waals surface area (Å²) >= 11 is 1.96. The zero-order chi connectivity index (χ0) is 17.3. The minimum Gasteiger partial charge on any atom is -0.322 e. The summed E-state index contributed by atoms with van der Waals surface area (Å²) in [6.07, 6.45) is 1.35. The van der Waals surface area contributed by atoms with Gasteiger partial charge in [-0.2, -0.15) is 0 Å². The molecule has 0 bridgehead atoms. The molecular formula is C15H10FIN4O3. The Hall–Kier alpha value is -2.56. The molecule has 1 N–H and O–H groups in total. The molecule has 1 heterocycles. The van der Waals surface area contributed by atoms with E-state index < -0.39 is 16.6 Å². The van der Waals surface area contributed by atoms with Gasteiger partial charge in [0.1, 0.15) is 17.9 Å². The quantitative estimate of drug-likeness (QED) is 0.383. The molecule has 7 nitrogen and oxygen atoms in total. The van der Waals surface area contributed by atoms with E-state index in [9.17, 15) is 19.3 Å². The summed E-state index contributed by atoms with van der Waals surface area (Å²) in [5.74, 6) is -1.05. The fourth-order valence-electron chi connectivity index (χ4n) is 2.31. The first-order valence-corrected chi connectivity index (χ1v) is 7.87. The maximum Gasteiger partial charge on any atom is 0.295 e. The van der Waals surface area contributed by atoms with Gasteiger partial charge < -0.3 is 9.88 Å². The number of aromatic nitrogens is 2. The molecule has 0 atom stereocenters. The van der Waals surface area contributed by atoms with Crippen LogP contribution in [0.4, 0.5) is 15.8 Å². The maximum absolute atomic E-state index is 13.8. The number of nitro benzene ring substituents is 1. The highest BCUT2D eigenvalue weighted by atomic mass is 127. The summed E-state index contributed by atoms with van der Waals surface area (Å²) in [7, 11) is 0. The topological polar surface area (TPSA) is 90.1 Å². The van der Waals surface area contributed by atoms with Gasteiger partial charge in [-0.3, -0.25) is 14.9 Å². The van der Waals surface area contributed by atoms with Crippen LogP contribution in [0.2, 0.25) is 0 Å². The number of halogens is 2. The molecule has 0 saturated heterocycles. The van der Waals surface area contributed by atoms with E-state index in [1.165, 1.54) is 35.2 Å². The predicted molar refractivity (Wildman–Crippen MR) is 94.1 cm³/mol. The van der Waals surface area contributed by atoms with Crippen LogP contribution in [0.3, 0.4) is 0 Å². The Morgan fingerprint density at radius 1 is 1.38 bits per heavy atom. The van der Waals surface area contributed by atoms with E-state index in [0.29, 0.717) is 9.09 Å². The molecule has 1 aromatic heterocycles. The van der Waals surface area contributed by atoms with Gasteiger partial charge in [0.05, 0.1) is 22.5 Å². The number of nitrogens with zero attached hydrogens (tertiary/aromatic N) is 3. The number of carbonyl (C=O) groups is 1. The normalized spacial score (nSPS) is 10.8. The lowest BCUT2D eigenvalue weighted by Gasteiger charge is -2.08. The average Bonchev–Trinajstić information content (AvgIpc) is 2.93. The molecule has 122 valence electrons. The number of nitro groups is 1. The lowest BCUT2D eigenvalue weighted by Crippen LogP contribution is -2.19. The largest absolute Gasteiger partial charge is 0.322 e. The average molecular weight is 440 g/mol. The molecule has 0 aliphatic carbocycles. The van der Waals surface area contributed by atoms with Crippen LogP contribution in [0, 0.1) is 19.5 Å². The van der Waals surface area contributed by atoms with E-state index in [2.05, 4.69) is 10.3 Å². The number of nitrogens with one attached hydrogen (secondary N) is 1. The van der Waals surface area contributed by atoms with E-state index in [-0.39, 0.29) is 23.4 Å². The lowest BCUT2D eigenvalue weighted by molar-refractivity contribution is -0.383. The Morgan fingerprint density at radius 2 is 2.17 bits per heavy atom. The third-order valence-electron chi connectivity index (χ3n) is 3.33. The number of para-hydroxylation sites is 1. The minimum atomic E-state index is -0.545. The van der Waals surface area contributed by atoms with Gasteiger partial charge in [-0.15, -0.1) is 0 Å². The van der Waals surface area contributed by atoms with Gasteiger partial charge in [0.25, 0.3) is 5.69 Å². The first-order chi connectivity index (χ1) is 11.5. The summed E-state index contributed by atoms with van der Waals surface area (Å²) in [4.78, 5) is 26.8. The van der Waals surface area contributed by atoms with Crippen molar-refractivity contribution in [2.24, 2.45) is 0 Å². The first-order valence-electron chi connectivity index (χ1n) is 6.79. The number of hydrogen-bond acceptors (Lipinski definition) is 4. The minimum absolute atomic E-state index is 0.0549. The maximum atomic E-state index is 13.8. The van der Waals surface area contributed by atoms with E-state index >= 15 is 0 Å². The second-order valence-electron chi connectivity index (χ2n) is 4.95. The van der Waals surface area contributed by atoms with Crippen LogP contribution < -0.4 is 5.32 Å². The second kappa shape index (κ2) is 6.51. The zero-order valence-electron chi connectivity index (χ0n) is 12.1. The summed E-state index contributed by atoms with van der Waals surface area (Å²) in [6, 6.07) is 8.92. The van der Waals surface area contributed by atoms with Gasteiger partial charge in [-0.05, 0) is 46.9 Å². The third-order valence-corrected chi connectivity index (χ3v) is 4.00. The number of carbonyl (C=O) groups excluding carboxylic acids is 1. The zero-order valence-corrected chi connectivity index (χ0v) is 14.2. The van der Waals surface area contributed by atoms with Gasteiger partial charge in [0.15, 0.2) is 0 Å². The third kappa shape index (κ3) is 3.20. The highest BCUT2D eigenvalue weighted by molar-refractivity contribution is 14.1. The Kier molecular flexibility index (Phi) is 4.42. The predicted octanol–water partition coefficient (Wildman–Crippen LogP) is 3.33. The monoisotopic (exact) mass is 440 g/mol. The molecular weight excluding hydrogens is 430 g/mol. The Morgan fingerprint density at radius 3 is 2.88 bits per heavy atom. The Bertz CT molecular complexity index is 957. The summed E-state index contributed by atoms with van der Waals surface area (Å²) < 4.78 is 15.9. The standard InChI is InChI=1S/C15H10FIN4O3/c16-10-6-9(17)4-5-11(10)19-14(22)7-20-8-18-12-2-1-3-13(15(12)20)21(23)24/h1-6,8H,7H2,(H,19,22). The van der Waals surface area contributed by atoms with Crippen LogP contribution in [0.15, 0.2) is 42.7 Å². The molecule has 0 saturated carbocycles. The van der Waals surface area contributed by atoms with Gasteiger partial charge >= 0.3 is 0 Å². The van der Waals surface area contributed by atoms with Gasteiger partial charge in [-0.25, -0.2) is 9.37 Å². The molecule has 3 rings (SSSR count). The molecule has 0 aliphatic heterocycles. The second-order valence-corrected chi connectivity index (χ2v) is 6.19. The summed E-state index contributed by atoms with van der Waals surface area (Å²) in [6.45, 7) is -0.215. The van der Waals surface area contributed by atoms with Crippen molar-refractivity contribution in [1.82, 2.24) is 9.55 Å². The van der Waals surface area contributed by atoms with Crippen molar-refractivity contribution in [3.8, 4) is 0 Å². The van der Waals surface area contributed by atoms with Crippen molar-refractivity contribution in [2.75, 3.05) is 5.32 Å². The number of rotatable bonds is 4. The van der Waals surface area contributed by atoms with Crippen molar-refractivity contribution in [1.29, 1.82) is 0 Å². The highest BCUT2D eigenvalue weighted by Gasteiger charge is 2.18. The fraction of sp³-hybridized carbons (Fsp3) is 0.0667. The number of fused-ring (bicyclic) bond motifs is 1. The molecule has 24 heavy (non-hydrogen) atoms. The molecule has 1 amide bonds. The lowest BCUT2D eigenvalue weighted by atomic mass is 10.2. The van der Waals surface area contributed by atoms with Crippen LogP contribution in [0.5, 0.6) is 0 Å². The van der Waals surface area contributed by atoms with Crippen LogP contribution >= 0.6 is 22.6 Å². The van der Waals surface area contributed by atoms with E-state index in [1.807, 2.05) is 22.6 Å². The molecule has 2 aromatic carbocycles. The molecule has 9 heteroatoms. The van der Waals surface area contributed by atoms with Crippen molar-refractivity contribution < 1.29 is 14.1 Å². The molecule has 0 fully saturated rings. The smallest absolute Gasteiger partial charge is 0.295 e. The Balaban J connectivity index is 1.87.